The van der Waals surface area contributed by atoms with E-state index in [9.17, 15) is 18.3 Å². The van der Waals surface area contributed by atoms with Gasteiger partial charge in [0.1, 0.15) is 0 Å². The number of aliphatic hydroxyl groups is 1. The summed E-state index contributed by atoms with van der Waals surface area (Å²) in [6.07, 6.45) is -1.32. The second-order valence-corrected chi connectivity index (χ2v) is 6.73. The molecular weight excluding hydrogens is 375 g/mol. The van der Waals surface area contributed by atoms with Gasteiger partial charge in [-0.25, -0.2) is 4.99 Å². The van der Waals surface area contributed by atoms with E-state index in [1.165, 1.54) is 13.2 Å². The van der Waals surface area contributed by atoms with Crippen LogP contribution in [-0.4, -0.2) is 49.6 Å². The highest BCUT2D eigenvalue weighted by Gasteiger charge is 2.29. The molecule has 1 fully saturated rings. The second kappa shape index (κ2) is 10.4. The molecule has 0 aromatic heterocycles. The van der Waals surface area contributed by atoms with Gasteiger partial charge in [-0.3, -0.25) is 0 Å². The molecule has 0 spiro atoms. The normalized spacial score (nSPS) is 20.6. The monoisotopic (exact) mass is 403 g/mol. The Bertz CT molecular complexity index is 645. The average molecular weight is 403 g/mol. The van der Waals surface area contributed by atoms with Crippen LogP contribution in [-0.2, 0) is 6.54 Å². The number of rotatable bonds is 7. The van der Waals surface area contributed by atoms with E-state index in [0.717, 1.165) is 31.2 Å². The molecule has 3 N–H and O–H groups in total. The van der Waals surface area contributed by atoms with Gasteiger partial charge in [-0.05, 0) is 50.3 Å². The van der Waals surface area contributed by atoms with E-state index in [4.69, 9.17) is 9.47 Å². The van der Waals surface area contributed by atoms with Gasteiger partial charge in [0.05, 0.1) is 19.8 Å². The van der Waals surface area contributed by atoms with Gasteiger partial charge >= 0.3 is 6.18 Å². The summed E-state index contributed by atoms with van der Waals surface area (Å²) < 4.78 is 47.0. The van der Waals surface area contributed by atoms with E-state index >= 15 is 0 Å². The smallest absolute Gasteiger partial charge is 0.422 e. The van der Waals surface area contributed by atoms with Gasteiger partial charge in [0.2, 0.25) is 0 Å². The van der Waals surface area contributed by atoms with Gasteiger partial charge < -0.3 is 25.2 Å². The minimum absolute atomic E-state index is 0.0401. The molecule has 0 bridgehead atoms. The largest absolute Gasteiger partial charge is 0.493 e. The molecule has 0 unspecified atom stereocenters. The minimum atomic E-state index is -4.41. The fourth-order valence-electron chi connectivity index (χ4n) is 2.99. The molecule has 2 rings (SSSR count). The van der Waals surface area contributed by atoms with Crippen LogP contribution in [0.25, 0.3) is 0 Å². The van der Waals surface area contributed by atoms with Crippen LogP contribution in [0.4, 0.5) is 13.2 Å². The summed E-state index contributed by atoms with van der Waals surface area (Å²) in [4.78, 5) is 4.54. The van der Waals surface area contributed by atoms with Crippen LogP contribution in [0.3, 0.4) is 0 Å². The third-order valence-corrected chi connectivity index (χ3v) is 4.42. The highest BCUT2D eigenvalue weighted by Crippen LogP contribution is 2.30. The van der Waals surface area contributed by atoms with Crippen molar-refractivity contribution in [1.29, 1.82) is 0 Å². The SMILES string of the molecule is CCNC(=NCc1ccc(OCC(F)(F)F)c(OC)c1)NC1CCC(O)CC1. The van der Waals surface area contributed by atoms with Crippen molar-refractivity contribution in [3.63, 3.8) is 0 Å². The summed E-state index contributed by atoms with van der Waals surface area (Å²) in [6, 6.07) is 5.00. The van der Waals surface area contributed by atoms with Crippen molar-refractivity contribution in [3.8, 4) is 11.5 Å². The summed E-state index contributed by atoms with van der Waals surface area (Å²) in [5.41, 5.74) is 0.785. The molecule has 0 atom stereocenters. The van der Waals surface area contributed by atoms with Crippen molar-refractivity contribution in [3.05, 3.63) is 23.8 Å². The highest BCUT2D eigenvalue weighted by atomic mass is 19.4. The van der Waals surface area contributed by atoms with Crippen LogP contribution < -0.4 is 20.1 Å². The fourth-order valence-corrected chi connectivity index (χ4v) is 2.99. The molecule has 1 saturated carbocycles. The Hall–Kier alpha value is -2.16. The third-order valence-electron chi connectivity index (χ3n) is 4.42. The molecule has 6 nitrogen and oxygen atoms in total. The number of guanidine groups is 1. The van der Waals surface area contributed by atoms with E-state index in [-0.39, 0.29) is 23.6 Å². The van der Waals surface area contributed by atoms with Gasteiger partial charge in [0, 0.05) is 12.6 Å². The predicted molar refractivity (Wildman–Crippen MR) is 101 cm³/mol. The van der Waals surface area contributed by atoms with Gasteiger partial charge in [-0.1, -0.05) is 6.07 Å². The number of halogens is 3. The number of ether oxygens (including phenoxy) is 2. The topological polar surface area (TPSA) is 75.1 Å². The van der Waals surface area contributed by atoms with Crippen molar-refractivity contribution in [2.24, 2.45) is 4.99 Å². The zero-order valence-electron chi connectivity index (χ0n) is 16.2. The van der Waals surface area contributed by atoms with Crippen LogP contribution in [0.5, 0.6) is 11.5 Å². The number of nitrogens with zero attached hydrogens (tertiary/aromatic N) is 1. The molecular formula is C19H28F3N3O3. The summed E-state index contributed by atoms with van der Waals surface area (Å²) in [7, 11) is 1.38. The van der Waals surface area contributed by atoms with Crippen LogP contribution in [0.15, 0.2) is 23.2 Å². The van der Waals surface area contributed by atoms with Crippen LogP contribution >= 0.6 is 0 Å². The molecule has 0 aliphatic heterocycles. The van der Waals surface area contributed by atoms with Crippen molar-refractivity contribution in [2.45, 2.75) is 57.5 Å². The number of alkyl halides is 3. The summed E-state index contributed by atoms with van der Waals surface area (Å²) >= 11 is 0. The number of methoxy groups -OCH3 is 1. The lowest BCUT2D eigenvalue weighted by molar-refractivity contribution is -0.153. The zero-order valence-corrected chi connectivity index (χ0v) is 16.2. The molecule has 1 aliphatic carbocycles. The molecule has 0 saturated heterocycles. The Labute approximate surface area is 163 Å². The lowest BCUT2D eigenvalue weighted by Gasteiger charge is -2.27. The first-order chi connectivity index (χ1) is 13.3. The first-order valence-electron chi connectivity index (χ1n) is 9.40. The van der Waals surface area contributed by atoms with Crippen molar-refractivity contribution < 1.29 is 27.8 Å². The summed E-state index contributed by atoms with van der Waals surface area (Å²) in [6.45, 7) is 1.64. The number of aliphatic hydroxyl groups excluding tert-OH is 1. The summed E-state index contributed by atoms with van der Waals surface area (Å²) in [5, 5.41) is 16.2. The lowest BCUT2D eigenvalue weighted by atomic mass is 9.93. The predicted octanol–water partition coefficient (Wildman–Crippen LogP) is 2.99. The van der Waals surface area contributed by atoms with E-state index in [0.29, 0.717) is 19.0 Å². The molecule has 28 heavy (non-hydrogen) atoms. The van der Waals surface area contributed by atoms with E-state index in [1.807, 2.05) is 6.92 Å². The van der Waals surface area contributed by atoms with E-state index in [2.05, 4.69) is 15.6 Å². The third kappa shape index (κ3) is 7.46. The molecule has 1 aliphatic rings. The highest BCUT2D eigenvalue weighted by molar-refractivity contribution is 5.80. The maximum Gasteiger partial charge on any atom is 0.422 e. The van der Waals surface area contributed by atoms with Crippen molar-refractivity contribution in [2.75, 3.05) is 20.3 Å². The van der Waals surface area contributed by atoms with Crippen molar-refractivity contribution in [1.82, 2.24) is 10.6 Å². The lowest BCUT2D eigenvalue weighted by Crippen LogP contribution is -2.45. The molecule has 9 heteroatoms. The standard InChI is InChI=1S/C19H28F3N3O3/c1-3-23-18(25-14-5-7-15(26)8-6-14)24-11-13-4-9-16(17(10-13)27-2)28-12-19(20,21)22/h4,9-10,14-15,26H,3,5-8,11-12H2,1-2H3,(H2,23,24,25). The molecule has 0 radical (unpaired) electrons. The Balaban J connectivity index is 2.00. The van der Waals surface area contributed by atoms with Gasteiger partial charge in [0.25, 0.3) is 0 Å². The number of benzene rings is 1. The summed E-state index contributed by atoms with van der Waals surface area (Å²) in [5.74, 6) is 0.940. The van der Waals surface area contributed by atoms with Gasteiger partial charge in [0.15, 0.2) is 24.1 Å². The van der Waals surface area contributed by atoms with Crippen LogP contribution in [0, 0.1) is 0 Å². The Morgan fingerprint density at radius 3 is 2.54 bits per heavy atom. The number of hydrogen-bond acceptors (Lipinski definition) is 4. The van der Waals surface area contributed by atoms with Crippen LogP contribution in [0.1, 0.15) is 38.2 Å². The zero-order chi connectivity index (χ0) is 20.6. The fraction of sp³-hybridized carbons (Fsp3) is 0.632. The number of hydrogen-bond donors (Lipinski definition) is 3. The average Bonchev–Trinajstić information content (AvgIpc) is 2.66. The maximum atomic E-state index is 12.3. The molecule has 0 amide bonds. The number of nitrogens with one attached hydrogen (secondary N) is 2. The van der Waals surface area contributed by atoms with Crippen molar-refractivity contribution >= 4 is 5.96 Å². The molecule has 158 valence electrons. The van der Waals surface area contributed by atoms with E-state index < -0.39 is 12.8 Å². The maximum absolute atomic E-state index is 12.3. The Morgan fingerprint density at radius 2 is 1.93 bits per heavy atom. The first-order valence-corrected chi connectivity index (χ1v) is 9.40. The van der Waals surface area contributed by atoms with E-state index in [1.54, 1.807) is 12.1 Å². The minimum Gasteiger partial charge on any atom is -0.493 e. The first kappa shape index (κ1) is 22.1. The Kier molecular flexibility index (Phi) is 8.22. The molecule has 1 aromatic rings. The van der Waals surface area contributed by atoms with Gasteiger partial charge in [-0.2, -0.15) is 13.2 Å². The molecule has 0 heterocycles. The number of aliphatic imine (C=N–C) groups is 1. The van der Waals surface area contributed by atoms with Crippen LogP contribution in [0.2, 0.25) is 0 Å². The molecule has 1 aromatic carbocycles. The van der Waals surface area contributed by atoms with Gasteiger partial charge in [-0.15, -0.1) is 0 Å². The quantitative estimate of drug-likeness (QED) is 0.482. The Morgan fingerprint density at radius 1 is 1.21 bits per heavy atom. The second-order valence-electron chi connectivity index (χ2n) is 6.73.